The Morgan fingerprint density at radius 3 is 2.53 bits per heavy atom. The minimum absolute atomic E-state index is 0.0983. The van der Waals surface area contributed by atoms with Crippen molar-refractivity contribution in [2.45, 2.75) is 24.1 Å². The quantitative estimate of drug-likeness (QED) is 0.412. The van der Waals surface area contributed by atoms with Crippen LogP contribution in [-0.2, 0) is 26.9 Å². The summed E-state index contributed by atoms with van der Waals surface area (Å²) in [4.78, 5) is 12.8. The lowest BCUT2D eigenvalue weighted by Gasteiger charge is -2.08. The molecule has 0 aliphatic heterocycles. The van der Waals surface area contributed by atoms with Crippen LogP contribution in [0.2, 0.25) is 5.02 Å². The molecule has 1 heterocycles. The molecule has 0 atom stereocenters. The van der Waals surface area contributed by atoms with Gasteiger partial charge in [-0.15, -0.1) is 0 Å². The van der Waals surface area contributed by atoms with E-state index in [0.717, 1.165) is 11.1 Å². The highest BCUT2D eigenvalue weighted by Gasteiger charge is 2.23. The van der Waals surface area contributed by atoms with Crippen molar-refractivity contribution >= 4 is 43.9 Å². The number of fused-ring (bicyclic) bond motifs is 1. The Bertz CT molecular complexity index is 1430. The third-order valence-corrected chi connectivity index (χ3v) is 7.19. The van der Waals surface area contributed by atoms with Gasteiger partial charge in [0.05, 0.1) is 15.7 Å². The van der Waals surface area contributed by atoms with Crippen LogP contribution >= 0.6 is 11.6 Å². The highest BCUT2D eigenvalue weighted by Crippen LogP contribution is 2.29. The van der Waals surface area contributed by atoms with Crippen LogP contribution in [0.15, 0.2) is 77.8 Å². The monoisotopic (exact) mass is 470 g/mol. The van der Waals surface area contributed by atoms with Gasteiger partial charge < -0.3 is 9.88 Å². The number of hydrogen-bond acceptors (Lipinski definition) is 3. The van der Waals surface area contributed by atoms with E-state index in [1.165, 1.54) is 24.4 Å². The predicted molar refractivity (Wildman–Crippen MR) is 124 cm³/mol. The van der Waals surface area contributed by atoms with Crippen LogP contribution in [0, 0.1) is 12.7 Å². The summed E-state index contributed by atoms with van der Waals surface area (Å²) in [7, 11) is -3.66. The minimum atomic E-state index is -3.66. The fourth-order valence-corrected chi connectivity index (χ4v) is 5.44. The molecule has 0 spiro atoms. The number of nitrogens with one attached hydrogen (secondary N) is 1. The van der Waals surface area contributed by atoms with Gasteiger partial charge in [-0.2, -0.15) is 0 Å². The fourth-order valence-electron chi connectivity index (χ4n) is 3.58. The van der Waals surface area contributed by atoms with E-state index in [-0.39, 0.29) is 22.2 Å². The maximum Gasteiger partial charge on any atom is 0.244 e. The Hall–Kier alpha value is -3.16. The Morgan fingerprint density at radius 2 is 1.78 bits per heavy atom. The molecule has 8 heteroatoms. The number of carbonyl (C=O) groups excluding carboxylic acids is 1. The maximum absolute atomic E-state index is 13.3. The van der Waals surface area contributed by atoms with E-state index in [1.807, 2.05) is 25.1 Å². The number of rotatable bonds is 6. The number of para-hydroxylation sites is 1. The molecule has 0 bridgehead atoms. The molecule has 5 nitrogen and oxygen atoms in total. The van der Waals surface area contributed by atoms with Crippen molar-refractivity contribution in [2.24, 2.45) is 0 Å². The zero-order valence-corrected chi connectivity index (χ0v) is 18.8. The molecule has 0 unspecified atom stereocenters. The number of halogens is 2. The lowest BCUT2D eigenvalue weighted by Crippen LogP contribution is -2.18. The van der Waals surface area contributed by atoms with Gasteiger partial charge in [0, 0.05) is 22.8 Å². The van der Waals surface area contributed by atoms with Gasteiger partial charge in [-0.25, -0.2) is 12.8 Å². The molecule has 0 radical (unpaired) electrons. The van der Waals surface area contributed by atoms with E-state index < -0.39 is 21.6 Å². The first-order valence-corrected chi connectivity index (χ1v) is 11.9. The molecular formula is C24H20ClFN2O3S. The summed E-state index contributed by atoms with van der Waals surface area (Å²) >= 11 is 5.77. The SMILES string of the molecule is Cc1ccccc1CS(=O)(=O)c1cn(CC(=O)Nc2ccc(F)c(Cl)c2)c2ccccc12. The third-order valence-electron chi connectivity index (χ3n) is 5.21. The van der Waals surface area contributed by atoms with Gasteiger partial charge in [0.25, 0.3) is 0 Å². The van der Waals surface area contributed by atoms with Crippen molar-refractivity contribution in [2.75, 3.05) is 5.32 Å². The fraction of sp³-hybridized carbons (Fsp3) is 0.125. The zero-order valence-electron chi connectivity index (χ0n) is 17.2. The van der Waals surface area contributed by atoms with Crippen molar-refractivity contribution in [1.29, 1.82) is 0 Å². The number of hydrogen-bond donors (Lipinski definition) is 1. The zero-order chi connectivity index (χ0) is 22.9. The molecule has 3 aromatic carbocycles. The average Bonchev–Trinajstić information content (AvgIpc) is 3.12. The molecule has 0 saturated carbocycles. The first kappa shape index (κ1) is 22.0. The normalized spacial score (nSPS) is 11.6. The van der Waals surface area contributed by atoms with Gasteiger partial charge >= 0.3 is 0 Å². The number of anilines is 1. The van der Waals surface area contributed by atoms with E-state index in [1.54, 1.807) is 34.9 Å². The summed E-state index contributed by atoms with van der Waals surface area (Å²) in [5.41, 5.74) is 2.61. The average molecular weight is 471 g/mol. The summed E-state index contributed by atoms with van der Waals surface area (Å²) in [5.74, 6) is -1.10. The van der Waals surface area contributed by atoms with Crippen molar-refractivity contribution in [1.82, 2.24) is 4.57 Å². The standard InChI is InChI=1S/C24H20ClFN2O3S/c1-16-6-2-3-7-17(16)15-32(30,31)23-13-28(22-9-5-4-8-19(22)23)14-24(29)27-18-10-11-21(26)20(25)12-18/h2-13H,14-15H2,1H3,(H,27,29). The van der Waals surface area contributed by atoms with Crippen LogP contribution in [0.3, 0.4) is 0 Å². The topological polar surface area (TPSA) is 68.2 Å². The second kappa shape index (κ2) is 8.76. The first-order valence-electron chi connectivity index (χ1n) is 9.84. The van der Waals surface area contributed by atoms with Crippen LogP contribution in [0.25, 0.3) is 10.9 Å². The highest BCUT2D eigenvalue weighted by atomic mass is 35.5. The van der Waals surface area contributed by atoms with Gasteiger partial charge in [0.2, 0.25) is 5.91 Å². The molecule has 32 heavy (non-hydrogen) atoms. The number of aromatic nitrogens is 1. The maximum atomic E-state index is 13.3. The number of amides is 1. The molecule has 0 aliphatic rings. The lowest BCUT2D eigenvalue weighted by molar-refractivity contribution is -0.116. The Kier molecular flexibility index (Phi) is 6.04. The van der Waals surface area contributed by atoms with E-state index in [9.17, 15) is 17.6 Å². The summed E-state index contributed by atoms with van der Waals surface area (Å²) in [6.07, 6.45) is 1.50. The highest BCUT2D eigenvalue weighted by molar-refractivity contribution is 7.90. The van der Waals surface area contributed by atoms with Crippen LogP contribution in [0.5, 0.6) is 0 Å². The summed E-state index contributed by atoms with van der Waals surface area (Å²) in [5, 5.41) is 3.11. The molecule has 4 rings (SSSR count). The number of aryl methyl sites for hydroxylation is 1. The molecule has 1 N–H and O–H groups in total. The van der Waals surface area contributed by atoms with Gasteiger partial charge in [0.15, 0.2) is 9.84 Å². The van der Waals surface area contributed by atoms with Gasteiger partial charge in [0.1, 0.15) is 12.4 Å². The molecule has 1 amide bonds. The second-order valence-electron chi connectivity index (χ2n) is 7.50. The molecule has 4 aromatic rings. The summed E-state index contributed by atoms with van der Waals surface area (Å²) in [6, 6.07) is 18.3. The van der Waals surface area contributed by atoms with Crippen LogP contribution in [0.4, 0.5) is 10.1 Å². The molecule has 0 fully saturated rings. The largest absolute Gasteiger partial charge is 0.337 e. The van der Waals surface area contributed by atoms with Crippen molar-refractivity contribution in [3.05, 3.63) is 94.9 Å². The van der Waals surface area contributed by atoms with E-state index in [0.29, 0.717) is 16.6 Å². The van der Waals surface area contributed by atoms with Crippen LogP contribution in [-0.4, -0.2) is 18.9 Å². The Morgan fingerprint density at radius 1 is 1.06 bits per heavy atom. The van der Waals surface area contributed by atoms with Crippen LogP contribution in [0.1, 0.15) is 11.1 Å². The lowest BCUT2D eigenvalue weighted by atomic mass is 10.1. The number of nitrogens with zero attached hydrogens (tertiary/aromatic N) is 1. The van der Waals surface area contributed by atoms with Crippen molar-refractivity contribution < 1.29 is 17.6 Å². The van der Waals surface area contributed by atoms with E-state index >= 15 is 0 Å². The summed E-state index contributed by atoms with van der Waals surface area (Å²) < 4.78 is 41.5. The van der Waals surface area contributed by atoms with Gasteiger partial charge in [-0.3, -0.25) is 4.79 Å². The predicted octanol–water partition coefficient (Wildman–Crippen LogP) is 5.35. The molecule has 0 aliphatic carbocycles. The Labute approximate surface area is 190 Å². The van der Waals surface area contributed by atoms with Crippen molar-refractivity contribution in [3.63, 3.8) is 0 Å². The first-order chi connectivity index (χ1) is 15.2. The third kappa shape index (κ3) is 4.54. The van der Waals surface area contributed by atoms with Gasteiger partial charge in [-0.1, -0.05) is 54.1 Å². The van der Waals surface area contributed by atoms with Crippen molar-refractivity contribution in [3.8, 4) is 0 Å². The Balaban J connectivity index is 1.64. The molecule has 164 valence electrons. The number of benzene rings is 3. The smallest absolute Gasteiger partial charge is 0.244 e. The summed E-state index contributed by atoms with van der Waals surface area (Å²) in [6.45, 7) is 1.76. The molecule has 1 aromatic heterocycles. The minimum Gasteiger partial charge on any atom is -0.337 e. The number of carbonyl (C=O) groups is 1. The molecular weight excluding hydrogens is 451 g/mol. The van der Waals surface area contributed by atoms with Gasteiger partial charge in [-0.05, 0) is 42.3 Å². The number of sulfone groups is 1. The van der Waals surface area contributed by atoms with E-state index in [2.05, 4.69) is 5.32 Å². The second-order valence-corrected chi connectivity index (χ2v) is 9.87. The van der Waals surface area contributed by atoms with Crippen LogP contribution < -0.4 is 5.32 Å². The molecule has 0 saturated heterocycles. The van der Waals surface area contributed by atoms with E-state index in [4.69, 9.17) is 11.6 Å².